The molecule has 0 spiro atoms. The molecule has 0 bridgehead atoms. The maximum absolute atomic E-state index is 12.4. The predicted octanol–water partition coefficient (Wildman–Crippen LogP) is 2.78. The normalized spacial score (nSPS) is 18.3. The van der Waals surface area contributed by atoms with Crippen molar-refractivity contribution in [2.24, 2.45) is 0 Å². The van der Waals surface area contributed by atoms with Gasteiger partial charge in [0.2, 0.25) is 0 Å². The minimum Gasteiger partial charge on any atom is -0.478 e. The van der Waals surface area contributed by atoms with Crippen LogP contribution in [0.15, 0.2) is 12.1 Å². The van der Waals surface area contributed by atoms with E-state index in [0.29, 0.717) is 31.7 Å². The minimum absolute atomic E-state index is 0.0750. The van der Waals surface area contributed by atoms with Crippen LogP contribution < -0.4 is 9.80 Å². The van der Waals surface area contributed by atoms with Crippen molar-refractivity contribution >= 4 is 23.4 Å². The van der Waals surface area contributed by atoms with E-state index in [-0.39, 0.29) is 24.3 Å². The first kappa shape index (κ1) is 22.8. The number of aliphatic hydroxyl groups is 1. The van der Waals surface area contributed by atoms with Crippen molar-refractivity contribution in [1.82, 2.24) is 4.90 Å². The number of aliphatic hydroxyl groups excluding tert-OH is 1. The molecule has 162 valence electrons. The maximum Gasteiger partial charge on any atom is 0.410 e. The molecule has 2 aliphatic rings. The zero-order valence-electron chi connectivity index (χ0n) is 18.2. The van der Waals surface area contributed by atoms with E-state index in [2.05, 4.69) is 4.90 Å². The summed E-state index contributed by atoms with van der Waals surface area (Å²) in [6.07, 6.45) is -0.312. The smallest absolute Gasteiger partial charge is 0.410 e. The van der Waals surface area contributed by atoms with Crippen molar-refractivity contribution in [1.29, 1.82) is 0 Å². The SMILES string of the molecule is CC.CN1CC2CN(C(=O)OC(C)(C)C)CCN2c2cc(CO)c(C(=O)O)cc21. The summed E-state index contributed by atoms with van der Waals surface area (Å²) in [5.74, 6) is -1.05. The van der Waals surface area contributed by atoms with Gasteiger partial charge in [0.15, 0.2) is 0 Å². The Balaban J connectivity index is 0.00000145. The van der Waals surface area contributed by atoms with Gasteiger partial charge in [-0.2, -0.15) is 0 Å². The van der Waals surface area contributed by atoms with Crippen LogP contribution in [0, 0.1) is 0 Å². The second kappa shape index (κ2) is 8.90. The summed E-state index contributed by atoms with van der Waals surface area (Å²) in [4.78, 5) is 29.8. The Morgan fingerprint density at radius 3 is 2.34 bits per heavy atom. The van der Waals surface area contributed by atoms with E-state index in [1.807, 2.05) is 46.6 Å². The van der Waals surface area contributed by atoms with Crippen LogP contribution in [0.25, 0.3) is 0 Å². The standard InChI is InChI=1S/C19H27N3O5.C2H6/c1-19(2,3)27-18(26)21-5-6-22-13(10-21)9-20(4)15-8-14(17(24)25)12(11-23)7-16(15)22;1-2/h7-8,13,23H,5-6,9-11H2,1-4H3,(H,24,25);1-2H3. The molecule has 8 nitrogen and oxygen atoms in total. The van der Waals surface area contributed by atoms with E-state index in [1.54, 1.807) is 17.0 Å². The van der Waals surface area contributed by atoms with Crippen LogP contribution >= 0.6 is 0 Å². The number of carboxylic acids is 1. The summed E-state index contributed by atoms with van der Waals surface area (Å²) < 4.78 is 5.49. The van der Waals surface area contributed by atoms with Crippen LogP contribution in [-0.4, -0.2) is 72.0 Å². The number of benzene rings is 1. The van der Waals surface area contributed by atoms with Crippen molar-refractivity contribution < 1.29 is 24.5 Å². The third kappa shape index (κ3) is 4.93. The van der Waals surface area contributed by atoms with Gasteiger partial charge in [0.25, 0.3) is 0 Å². The number of hydrogen-bond acceptors (Lipinski definition) is 6. The monoisotopic (exact) mass is 407 g/mol. The molecule has 2 aliphatic heterocycles. The Kier molecular flexibility index (Phi) is 7.00. The van der Waals surface area contributed by atoms with Crippen LogP contribution in [0.5, 0.6) is 0 Å². The fraction of sp³-hybridized carbons (Fsp3) is 0.619. The lowest BCUT2D eigenvalue weighted by Gasteiger charge is -2.49. The van der Waals surface area contributed by atoms with Crippen molar-refractivity contribution in [3.63, 3.8) is 0 Å². The predicted molar refractivity (Wildman–Crippen MR) is 113 cm³/mol. The number of rotatable bonds is 2. The second-order valence-electron chi connectivity index (χ2n) is 8.12. The molecule has 2 heterocycles. The van der Waals surface area contributed by atoms with E-state index in [0.717, 1.165) is 11.4 Å². The number of carboxylic acid groups (broad SMARTS) is 1. The third-order valence-electron chi connectivity index (χ3n) is 4.94. The van der Waals surface area contributed by atoms with Gasteiger partial charge in [-0.15, -0.1) is 0 Å². The first-order valence-electron chi connectivity index (χ1n) is 10.1. The van der Waals surface area contributed by atoms with Gasteiger partial charge in [0.1, 0.15) is 5.60 Å². The van der Waals surface area contributed by atoms with E-state index in [9.17, 15) is 19.8 Å². The molecule has 2 N–H and O–H groups in total. The van der Waals surface area contributed by atoms with Crippen molar-refractivity contribution in [3.8, 4) is 0 Å². The molecule has 1 atom stereocenters. The summed E-state index contributed by atoms with van der Waals surface area (Å²) in [6.45, 7) is 11.6. The zero-order valence-corrected chi connectivity index (χ0v) is 18.2. The molecule has 1 aromatic rings. The molecule has 1 unspecified atom stereocenters. The minimum atomic E-state index is -1.05. The Hall–Kier alpha value is -2.48. The van der Waals surface area contributed by atoms with Gasteiger partial charge in [-0.1, -0.05) is 13.8 Å². The van der Waals surface area contributed by atoms with E-state index in [1.165, 1.54) is 0 Å². The van der Waals surface area contributed by atoms with Crippen molar-refractivity contribution in [2.45, 2.75) is 52.9 Å². The molecule has 8 heteroatoms. The highest BCUT2D eigenvalue weighted by Crippen LogP contribution is 2.38. The number of piperazine rings is 1. The Bertz CT molecular complexity index is 759. The van der Waals surface area contributed by atoms with Crippen molar-refractivity contribution in [3.05, 3.63) is 23.3 Å². The highest BCUT2D eigenvalue weighted by molar-refractivity contribution is 5.93. The molecule has 0 aliphatic carbocycles. The number of carbonyl (C=O) groups is 2. The topological polar surface area (TPSA) is 93.5 Å². The van der Waals surface area contributed by atoms with Crippen LogP contribution in [0.1, 0.15) is 50.5 Å². The maximum atomic E-state index is 12.4. The number of hydrogen-bond donors (Lipinski definition) is 2. The number of fused-ring (bicyclic) bond motifs is 3. The molecule has 0 saturated carbocycles. The first-order chi connectivity index (χ1) is 13.6. The fourth-order valence-electron chi connectivity index (χ4n) is 3.72. The molecular weight excluding hydrogens is 374 g/mol. The molecule has 29 heavy (non-hydrogen) atoms. The van der Waals surface area contributed by atoms with E-state index >= 15 is 0 Å². The van der Waals surface area contributed by atoms with Gasteiger partial charge in [0, 0.05) is 33.2 Å². The number of anilines is 2. The largest absolute Gasteiger partial charge is 0.478 e. The van der Waals surface area contributed by atoms with Gasteiger partial charge in [0.05, 0.1) is 29.6 Å². The summed E-state index contributed by atoms with van der Waals surface area (Å²) in [7, 11) is 1.91. The molecule has 1 aromatic carbocycles. The Morgan fingerprint density at radius 1 is 1.14 bits per heavy atom. The van der Waals surface area contributed by atoms with E-state index < -0.39 is 11.6 Å². The average molecular weight is 408 g/mol. The number of nitrogens with zero attached hydrogens (tertiary/aromatic N) is 3. The van der Waals surface area contributed by atoms with Gasteiger partial charge in [-0.05, 0) is 38.5 Å². The summed E-state index contributed by atoms with van der Waals surface area (Å²) in [5, 5.41) is 19.0. The van der Waals surface area contributed by atoms with Crippen LogP contribution in [0.4, 0.5) is 16.2 Å². The number of amides is 1. The Morgan fingerprint density at radius 2 is 1.79 bits per heavy atom. The lowest BCUT2D eigenvalue weighted by molar-refractivity contribution is 0.0215. The molecule has 1 fully saturated rings. The summed E-state index contributed by atoms with van der Waals surface area (Å²) in [5.41, 5.74) is 1.70. The first-order valence-corrected chi connectivity index (χ1v) is 10.1. The quantitative estimate of drug-likeness (QED) is 0.778. The molecule has 1 amide bonds. The van der Waals surface area contributed by atoms with Gasteiger partial charge < -0.3 is 29.6 Å². The molecule has 0 radical (unpaired) electrons. The summed E-state index contributed by atoms with van der Waals surface area (Å²) >= 11 is 0. The number of ether oxygens (including phenoxy) is 1. The zero-order chi connectivity index (χ0) is 21.9. The van der Waals surface area contributed by atoms with Crippen LogP contribution in [0.2, 0.25) is 0 Å². The van der Waals surface area contributed by atoms with Gasteiger partial charge in [-0.25, -0.2) is 9.59 Å². The number of carbonyl (C=O) groups excluding carboxylic acids is 1. The van der Waals surface area contributed by atoms with Crippen LogP contribution in [-0.2, 0) is 11.3 Å². The lowest BCUT2D eigenvalue weighted by atomic mass is 9.99. The molecule has 0 aromatic heterocycles. The lowest BCUT2D eigenvalue weighted by Crippen LogP contribution is -2.60. The highest BCUT2D eigenvalue weighted by Gasteiger charge is 2.37. The van der Waals surface area contributed by atoms with Crippen molar-refractivity contribution in [2.75, 3.05) is 43.0 Å². The molecule has 3 rings (SSSR count). The van der Waals surface area contributed by atoms with Gasteiger partial charge in [-0.3, -0.25) is 0 Å². The average Bonchev–Trinajstić information content (AvgIpc) is 2.66. The van der Waals surface area contributed by atoms with E-state index in [4.69, 9.17) is 4.74 Å². The third-order valence-corrected chi connectivity index (χ3v) is 4.94. The summed E-state index contributed by atoms with van der Waals surface area (Å²) in [6, 6.07) is 3.45. The molecule has 1 saturated heterocycles. The fourth-order valence-corrected chi connectivity index (χ4v) is 3.72. The number of aromatic carboxylic acids is 1. The van der Waals surface area contributed by atoms with Crippen LogP contribution in [0.3, 0.4) is 0 Å². The number of likely N-dealkylation sites (N-methyl/N-ethyl adjacent to an activating group) is 1. The molecular formula is C21H33N3O5. The highest BCUT2D eigenvalue weighted by atomic mass is 16.6. The van der Waals surface area contributed by atoms with Gasteiger partial charge >= 0.3 is 12.1 Å². The second-order valence-corrected chi connectivity index (χ2v) is 8.12. The Labute approximate surface area is 172 Å².